The quantitative estimate of drug-likeness (QED) is 0.826. The van der Waals surface area contributed by atoms with Gasteiger partial charge in [0.2, 0.25) is 17.2 Å². The van der Waals surface area contributed by atoms with E-state index >= 15 is 0 Å². The SMILES string of the molecule is CCCNc1nc(Cl)nc(NCc2ccccc2Br)n1. The second-order valence-electron chi connectivity index (χ2n) is 4.12. The second-order valence-corrected chi connectivity index (χ2v) is 5.32. The van der Waals surface area contributed by atoms with E-state index in [2.05, 4.69) is 48.4 Å². The number of hydrogen-bond donors (Lipinski definition) is 2. The summed E-state index contributed by atoms with van der Waals surface area (Å²) in [6, 6.07) is 7.97. The molecule has 2 rings (SSSR count). The Hall–Kier alpha value is -1.40. The van der Waals surface area contributed by atoms with Gasteiger partial charge >= 0.3 is 0 Å². The number of nitrogens with one attached hydrogen (secondary N) is 2. The number of aromatic nitrogens is 3. The first-order valence-electron chi connectivity index (χ1n) is 6.31. The molecular formula is C13H15BrClN5. The van der Waals surface area contributed by atoms with Gasteiger partial charge in [-0.3, -0.25) is 0 Å². The fourth-order valence-electron chi connectivity index (χ4n) is 1.56. The fraction of sp³-hybridized carbons (Fsp3) is 0.308. The van der Waals surface area contributed by atoms with Gasteiger partial charge in [0.25, 0.3) is 0 Å². The fourth-order valence-corrected chi connectivity index (χ4v) is 2.15. The maximum absolute atomic E-state index is 5.89. The number of halogens is 2. The van der Waals surface area contributed by atoms with Gasteiger partial charge in [0, 0.05) is 17.6 Å². The molecule has 0 fully saturated rings. The van der Waals surface area contributed by atoms with E-state index in [0.717, 1.165) is 23.0 Å². The lowest BCUT2D eigenvalue weighted by molar-refractivity contribution is 0.932. The third kappa shape index (κ3) is 4.31. The summed E-state index contributed by atoms with van der Waals surface area (Å²) in [6.45, 7) is 3.47. The second kappa shape index (κ2) is 7.40. The molecule has 2 aromatic rings. The van der Waals surface area contributed by atoms with Crippen molar-refractivity contribution in [1.29, 1.82) is 0 Å². The highest BCUT2D eigenvalue weighted by atomic mass is 79.9. The predicted octanol–water partition coefficient (Wildman–Crippen LogP) is 3.72. The van der Waals surface area contributed by atoms with Crippen LogP contribution in [0.4, 0.5) is 11.9 Å². The molecule has 2 N–H and O–H groups in total. The summed E-state index contributed by atoms with van der Waals surface area (Å²) in [6.07, 6.45) is 0.989. The number of hydrogen-bond acceptors (Lipinski definition) is 5. The Balaban J connectivity index is 2.05. The Morgan fingerprint density at radius 1 is 1.10 bits per heavy atom. The first-order valence-corrected chi connectivity index (χ1v) is 7.49. The Morgan fingerprint density at radius 3 is 2.50 bits per heavy atom. The van der Waals surface area contributed by atoms with Crippen molar-refractivity contribution in [2.75, 3.05) is 17.2 Å². The number of benzene rings is 1. The van der Waals surface area contributed by atoms with Gasteiger partial charge in [-0.2, -0.15) is 15.0 Å². The molecule has 0 bridgehead atoms. The molecule has 0 aliphatic heterocycles. The van der Waals surface area contributed by atoms with Crippen LogP contribution in [-0.2, 0) is 6.54 Å². The highest BCUT2D eigenvalue weighted by molar-refractivity contribution is 9.10. The zero-order valence-electron chi connectivity index (χ0n) is 11.0. The molecule has 0 radical (unpaired) electrons. The first kappa shape index (κ1) is 15.0. The van der Waals surface area contributed by atoms with E-state index in [4.69, 9.17) is 11.6 Å². The van der Waals surface area contributed by atoms with Gasteiger partial charge in [-0.05, 0) is 29.7 Å². The first-order chi connectivity index (χ1) is 9.69. The number of rotatable bonds is 6. The summed E-state index contributed by atoms with van der Waals surface area (Å²) in [4.78, 5) is 12.4. The summed E-state index contributed by atoms with van der Waals surface area (Å²) in [5, 5.41) is 6.41. The molecule has 5 nitrogen and oxygen atoms in total. The molecule has 7 heteroatoms. The van der Waals surface area contributed by atoms with E-state index in [1.165, 1.54) is 0 Å². The molecule has 0 atom stereocenters. The van der Waals surface area contributed by atoms with Crippen molar-refractivity contribution in [3.05, 3.63) is 39.6 Å². The molecule has 1 aromatic heterocycles. The van der Waals surface area contributed by atoms with Crippen molar-refractivity contribution >= 4 is 39.4 Å². The van der Waals surface area contributed by atoms with E-state index in [-0.39, 0.29) is 5.28 Å². The highest BCUT2D eigenvalue weighted by Gasteiger charge is 2.05. The van der Waals surface area contributed by atoms with Crippen LogP contribution >= 0.6 is 27.5 Å². The van der Waals surface area contributed by atoms with Gasteiger partial charge in [0.05, 0.1) is 0 Å². The standard InChI is InChI=1S/C13H15BrClN5/c1-2-7-16-12-18-11(15)19-13(20-12)17-8-9-5-3-4-6-10(9)14/h3-6H,2,7-8H2,1H3,(H2,16,17,18,19,20). The zero-order valence-corrected chi connectivity index (χ0v) is 13.4. The number of anilines is 2. The molecule has 1 heterocycles. The van der Waals surface area contributed by atoms with Crippen LogP contribution in [0.5, 0.6) is 0 Å². The van der Waals surface area contributed by atoms with Gasteiger partial charge in [-0.15, -0.1) is 0 Å². The maximum Gasteiger partial charge on any atom is 0.229 e. The van der Waals surface area contributed by atoms with Gasteiger partial charge in [0.1, 0.15) is 0 Å². The van der Waals surface area contributed by atoms with Crippen molar-refractivity contribution in [2.24, 2.45) is 0 Å². The average Bonchev–Trinajstić information content (AvgIpc) is 2.44. The third-order valence-corrected chi connectivity index (χ3v) is 3.48. The van der Waals surface area contributed by atoms with E-state index in [0.29, 0.717) is 18.4 Å². The summed E-state index contributed by atoms with van der Waals surface area (Å²) >= 11 is 9.39. The predicted molar refractivity (Wildman–Crippen MR) is 85.1 cm³/mol. The van der Waals surface area contributed by atoms with Crippen LogP contribution in [0.2, 0.25) is 5.28 Å². The number of nitrogens with zero attached hydrogens (tertiary/aromatic N) is 3. The van der Waals surface area contributed by atoms with E-state index < -0.39 is 0 Å². The van der Waals surface area contributed by atoms with E-state index in [1.54, 1.807) is 0 Å². The van der Waals surface area contributed by atoms with Crippen LogP contribution in [0.15, 0.2) is 28.7 Å². The molecule has 106 valence electrons. The summed E-state index contributed by atoms with van der Waals surface area (Å²) in [7, 11) is 0. The monoisotopic (exact) mass is 355 g/mol. The molecule has 0 aliphatic rings. The Kier molecular flexibility index (Phi) is 5.55. The average molecular weight is 357 g/mol. The molecule has 0 unspecified atom stereocenters. The largest absolute Gasteiger partial charge is 0.354 e. The van der Waals surface area contributed by atoms with Crippen molar-refractivity contribution < 1.29 is 0 Å². The van der Waals surface area contributed by atoms with Crippen molar-refractivity contribution in [3.63, 3.8) is 0 Å². The van der Waals surface area contributed by atoms with Crippen LogP contribution in [0, 0.1) is 0 Å². The van der Waals surface area contributed by atoms with Gasteiger partial charge in [-0.25, -0.2) is 0 Å². The summed E-state index contributed by atoms with van der Waals surface area (Å²) in [5.74, 6) is 0.945. The van der Waals surface area contributed by atoms with Gasteiger partial charge < -0.3 is 10.6 Å². The minimum absolute atomic E-state index is 0.174. The van der Waals surface area contributed by atoms with E-state index in [1.807, 2.05) is 24.3 Å². The Morgan fingerprint density at radius 2 is 1.80 bits per heavy atom. The smallest absolute Gasteiger partial charge is 0.229 e. The molecule has 0 spiro atoms. The Labute approximate surface area is 131 Å². The topological polar surface area (TPSA) is 62.7 Å². The van der Waals surface area contributed by atoms with Gasteiger partial charge in [0.15, 0.2) is 0 Å². The third-order valence-electron chi connectivity index (χ3n) is 2.54. The zero-order chi connectivity index (χ0) is 14.4. The summed E-state index contributed by atoms with van der Waals surface area (Å²) in [5.41, 5.74) is 1.12. The van der Waals surface area contributed by atoms with Crippen LogP contribution in [-0.4, -0.2) is 21.5 Å². The van der Waals surface area contributed by atoms with Crippen LogP contribution in [0.25, 0.3) is 0 Å². The lowest BCUT2D eigenvalue weighted by Crippen LogP contribution is -2.10. The summed E-state index contributed by atoms with van der Waals surface area (Å²) < 4.78 is 1.04. The molecule has 1 aromatic carbocycles. The molecular weight excluding hydrogens is 342 g/mol. The van der Waals surface area contributed by atoms with Crippen molar-refractivity contribution in [3.8, 4) is 0 Å². The molecule has 20 heavy (non-hydrogen) atoms. The van der Waals surface area contributed by atoms with Crippen molar-refractivity contribution in [1.82, 2.24) is 15.0 Å². The van der Waals surface area contributed by atoms with Crippen molar-refractivity contribution in [2.45, 2.75) is 19.9 Å². The minimum atomic E-state index is 0.174. The maximum atomic E-state index is 5.89. The van der Waals surface area contributed by atoms with Crippen LogP contribution < -0.4 is 10.6 Å². The lowest BCUT2D eigenvalue weighted by Gasteiger charge is -2.08. The molecule has 0 amide bonds. The minimum Gasteiger partial charge on any atom is -0.354 e. The molecule has 0 saturated carbocycles. The normalized spacial score (nSPS) is 10.3. The van der Waals surface area contributed by atoms with Crippen LogP contribution in [0.3, 0.4) is 0 Å². The molecule has 0 saturated heterocycles. The highest BCUT2D eigenvalue weighted by Crippen LogP contribution is 2.17. The van der Waals surface area contributed by atoms with Crippen LogP contribution in [0.1, 0.15) is 18.9 Å². The van der Waals surface area contributed by atoms with E-state index in [9.17, 15) is 0 Å². The molecule has 0 aliphatic carbocycles. The Bertz CT molecular complexity index is 578. The van der Waals surface area contributed by atoms with Gasteiger partial charge in [-0.1, -0.05) is 41.1 Å². The lowest BCUT2D eigenvalue weighted by atomic mass is 10.2.